The highest BCUT2D eigenvalue weighted by Gasteiger charge is 2.41. The van der Waals surface area contributed by atoms with Crippen molar-refractivity contribution in [2.75, 3.05) is 26.2 Å². The molecule has 0 aliphatic carbocycles. The number of likely N-dealkylation sites (tertiary alicyclic amines) is 1. The standard InChI is InChI=1S/C18H27N5O4/c1-4-22(5-2)18(27)15-8-13(11-23(15)16(25)6-7-24)21-17(26)14-10-19-12(3)9-20-14/h9-10,13,15,24H,4-8,11H2,1-3H3,(H,21,26)/t13-,15+/m1/s1. The topological polar surface area (TPSA) is 116 Å². The SMILES string of the molecule is CCN(CC)C(=O)[C@@H]1C[C@@H](NC(=O)c2cnc(C)cn2)CN1C(=O)CCO. The molecule has 0 saturated carbocycles. The molecule has 0 spiro atoms. The van der Waals surface area contributed by atoms with E-state index in [0.29, 0.717) is 25.2 Å². The normalized spacial score (nSPS) is 19.0. The Morgan fingerprint density at radius 3 is 2.52 bits per heavy atom. The van der Waals surface area contributed by atoms with E-state index in [1.54, 1.807) is 11.8 Å². The first-order valence-corrected chi connectivity index (χ1v) is 9.19. The average molecular weight is 377 g/mol. The largest absolute Gasteiger partial charge is 0.396 e. The number of carbonyl (C=O) groups excluding carboxylic acids is 3. The second-order valence-corrected chi connectivity index (χ2v) is 6.50. The smallest absolute Gasteiger partial charge is 0.271 e. The number of nitrogens with zero attached hydrogens (tertiary/aromatic N) is 4. The molecule has 1 aliphatic rings. The molecule has 9 nitrogen and oxygen atoms in total. The Balaban J connectivity index is 2.12. The van der Waals surface area contributed by atoms with Crippen molar-refractivity contribution in [3.05, 3.63) is 23.8 Å². The van der Waals surface area contributed by atoms with Crippen LogP contribution >= 0.6 is 0 Å². The Morgan fingerprint density at radius 1 is 1.26 bits per heavy atom. The van der Waals surface area contributed by atoms with Crippen molar-refractivity contribution in [2.24, 2.45) is 0 Å². The summed E-state index contributed by atoms with van der Waals surface area (Å²) >= 11 is 0. The van der Waals surface area contributed by atoms with E-state index in [0.717, 1.165) is 0 Å². The first kappa shape index (κ1) is 20.8. The fourth-order valence-corrected chi connectivity index (χ4v) is 3.20. The molecule has 0 unspecified atom stereocenters. The quantitative estimate of drug-likeness (QED) is 0.676. The van der Waals surface area contributed by atoms with Crippen LogP contribution in [0.15, 0.2) is 12.4 Å². The van der Waals surface area contributed by atoms with E-state index >= 15 is 0 Å². The van der Waals surface area contributed by atoms with E-state index in [1.165, 1.54) is 17.3 Å². The van der Waals surface area contributed by atoms with Crippen molar-refractivity contribution in [1.82, 2.24) is 25.1 Å². The number of aliphatic hydroxyl groups is 1. The molecule has 0 aromatic carbocycles. The van der Waals surface area contributed by atoms with Crippen molar-refractivity contribution in [2.45, 2.75) is 45.7 Å². The number of aryl methyl sites for hydroxylation is 1. The van der Waals surface area contributed by atoms with Crippen molar-refractivity contribution in [3.63, 3.8) is 0 Å². The predicted molar refractivity (Wildman–Crippen MR) is 97.8 cm³/mol. The van der Waals surface area contributed by atoms with Crippen molar-refractivity contribution >= 4 is 17.7 Å². The molecule has 1 saturated heterocycles. The Morgan fingerprint density at radius 2 is 1.96 bits per heavy atom. The van der Waals surface area contributed by atoms with Gasteiger partial charge < -0.3 is 20.2 Å². The summed E-state index contributed by atoms with van der Waals surface area (Å²) in [7, 11) is 0. The number of likely N-dealkylation sites (N-methyl/N-ethyl adjacent to an activating group) is 1. The van der Waals surface area contributed by atoms with Crippen LogP contribution in [0, 0.1) is 6.92 Å². The van der Waals surface area contributed by atoms with Crippen molar-refractivity contribution in [3.8, 4) is 0 Å². The molecule has 9 heteroatoms. The monoisotopic (exact) mass is 377 g/mol. The third-order valence-corrected chi connectivity index (χ3v) is 4.66. The highest BCUT2D eigenvalue weighted by molar-refractivity contribution is 5.93. The first-order chi connectivity index (χ1) is 12.9. The van der Waals surface area contributed by atoms with Crippen LogP contribution < -0.4 is 5.32 Å². The van der Waals surface area contributed by atoms with Gasteiger partial charge in [-0.05, 0) is 27.2 Å². The summed E-state index contributed by atoms with van der Waals surface area (Å²) < 4.78 is 0. The van der Waals surface area contributed by atoms with Crippen molar-refractivity contribution < 1.29 is 19.5 Å². The van der Waals surface area contributed by atoms with Crippen molar-refractivity contribution in [1.29, 1.82) is 0 Å². The van der Waals surface area contributed by atoms with Crippen LogP contribution in [0.25, 0.3) is 0 Å². The highest BCUT2D eigenvalue weighted by Crippen LogP contribution is 2.21. The van der Waals surface area contributed by atoms with E-state index in [1.807, 2.05) is 13.8 Å². The molecular weight excluding hydrogens is 350 g/mol. The zero-order valence-corrected chi connectivity index (χ0v) is 16.0. The molecule has 3 amide bonds. The van der Waals surface area contributed by atoms with E-state index in [-0.39, 0.29) is 43.1 Å². The molecule has 0 bridgehead atoms. The number of amides is 3. The Labute approximate surface area is 158 Å². The summed E-state index contributed by atoms with van der Waals surface area (Å²) in [5, 5.41) is 11.9. The maximum atomic E-state index is 12.8. The Hall–Kier alpha value is -2.55. The van der Waals surface area contributed by atoms with E-state index in [2.05, 4.69) is 15.3 Å². The minimum Gasteiger partial charge on any atom is -0.396 e. The van der Waals surface area contributed by atoms with Crippen LogP contribution in [-0.4, -0.2) is 80.9 Å². The van der Waals surface area contributed by atoms with Gasteiger partial charge in [0.1, 0.15) is 11.7 Å². The molecular formula is C18H27N5O4. The van der Waals surface area contributed by atoms with Gasteiger partial charge in [0, 0.05) is 38.3 Å². The molecule has 148 valence electrons. The van der Waals surface area contributed by atoms with Gasteiger partial charge >= 0.3 is 0 Å². The zero-order valence-electron chi connectivity index (χ0n) is 16.0. The summed E-state index contributed by atoms with van der Waals surface area (Å²) in [5.41, 5.74) is 0.894. The minimum atomic E-state index is -0.640. The number of hydrogen-bond acceptors (Lipinski definition) is 6. The number of nitrogens with one attached hydrogen (secondary N) is 1. The fraction of sp³-hybridized carbons (Fsp3) is 0.611. The van der Waals surface area contributed by atoms with E-state index in [9.17, 15) is 14.4 Å². The Bertz CT molecular complexity index is 675. The number of aliphatic hydroxyl groups excluding tert-OH is 1. The van der Waals surface area contributed by atoms with Gasteiger partial charge in [0.25, 0.3) is 5.91 Å². The van der Waals surface area contributed by atoms with Gasteiger partial charge in [-0.2, -0.15) is 0 Å². The maximum Gasteiger partial charge on any atom is 0.271 e. The molecule has 0 radical (unpaired) electrons. The van der Waals surface area contributed by atoms with Crippen LogP contribution in [0.4, 0.5) is 0 Å². The summed E-state index contributed by atoms with van der Waals surface area (Å²) in [6, 6.07) is -1.01. The lowest BCUT2D eigenvalue weighted by atomic mass is 10.1. The van der Waals surface area contributed by atoms with Gasteiger partial charge in [0.2, 0.25) is 11.8 Å². The number of aromatic nitrogens is 2. The molecule has 2 atom stereocenters. The molecule has 2 N–H and O–H groups in total. The fourth-order valence-electron chi connectivity index (χ4n) is 3.20. The minimum absolute atomic E-state index is 0.0495. The molecule has 2 rings (SSSR count). The van der Waals surface area contributed by atoms with Crippen LogP contribution in [0.2, 0.25) is 0 Å². The number of rotatable bonds is 7. The van der Waals surface area contributed by atoms with Crippen LogP contribution in [-0.2, 0) is 9.59 Å². The zero-order chi connectivity index (χ0) is 20.0. The van der Waals surface area contributed by atoms with Crippen LogP contribution in [0.5, 0.6) is 0 Å². The molecule has 27 heavy (non-hydrogen) atoms. The highest BCUT2D eigenvalue weighted by atomic mass is 16.3. The molecule has 1 aromatic rings. The van der Waals surface area contributed by atoms with E-state index < -0.39 is 11.9 Å². The van der Waals surface area contributed by atoms with Crippen LogP contribution in [0.3, 0.4) is 0 Å². The summed E-state index contributed by atoms with van der Waals surface area (Å²) in [6.45, 7) is 6.57. The molecule has 1 fully saturated rings. The molecule has 1 aliphatic heterocycles. The van der Waals surface area contributed by atoms with Gasteiger partial charge in [-0.3, -0.25) is 19.4 Å². The maximum absolute atomic E-state index is 12.8. The molecule has 2 heterocycles. The second-order valence-electron chi connectivity index (χ2n) is 6.50. The van der Waals surface area contributed by atoms with Gasteiger partial charge in [0.05, 0.1) is 18.5 Å². The lowest BCUT2D eigenvalue weighted by molar-refractivity contribution is -0.144. The predicted octanol–water partition coefficient (Wildman–Crippen LogP) is -0.265. The summed E-state index contributed by atoms with van der Waals surface area (Å²) in [5.74, 6) is -0.828. The first-order valence-electron chi connectivity index (χ1n) is 9.19. The van der Waals surface area contributed by atoms with Gasteiger partial charge in [-0.25, -0.2) is 4.98 Å². The third kappa shape index (κ3) is 5.00. The third-order valence-electron chi connectivity index (χ3n) is 4.66. The number of hydrogen-bond donors (Lipinski definition) is 2. The lowest BCUT2D eigenvalue weighted by Crippen LogP contribution is -2.47. The second kappa shape index (κ2) is 9.40. The summed E-state index contributed by atoms with van der Waals surface area (Å²) in [6.07, 6.45) is 3.18. The lowest BCUT2D eigenvalue weighted by Gasteiger charge is -2.28. The Kier molecular flexibility index (Phi) is 7.23. The summed E-state index contributed by atoms with van der Waals surface area (Å²) in [4.78, 5) is 48.8. The molecule has 1 aromatic heterocycles. The van der Waals surface area contributed by atoms with Gasteiger partial charge in [0.15, 0.2) is 0 Å². The van der Waals surface area contributed by atoms with Gasteiger partial charge in [-0.1, -0.05) is 0 Å². The van der Waals surface area contributed by atoms with Crippen LogP contribution in [0.1, 0.15) is 42.9 Å². The average Bonchev–Trinajstić information content (AvgIpc) is 3.07. The van der Waals surface area contributed by atoms with Gasteiger partial charge in [-0.15, -0.1) is 0 Å². The van der Waals surface area contributed by atoms with E-state index in [4.69, 9.17) is 5.11 Å². The number of carbonyl (C=O) groups is 3.